The minimum absolute atomic E-state index is 0.123. The zero-order valence-electron chi connectivity index (χ0n) is 16.7. The lowest BCUT2D eigenvalue weighted by Gasteiger charge is -2.21. The molecule has 2 aromatic heterocycles. The first-order valence-corrected chi connectivity index (χ1v) is 10.9. The van der Waals surface area contributed by atoms with Gasteiger partial charge in [-0.2, -0.15) is 9.40 Å². The van der Waals surface area contributed by atoms with Crippen molar-refractivity contribution in [2.45, 2.75) is 45.4 Å². The molecule has 154 valence electrons. The molecule has 1 aliphatic rings. The summed E-state index contributed by atoms with van der Waals surface area (Å²) in [4.78, 5) is 14.6. The lowest BCUT2D eigenvalue weighted by Crippen LogP contribution is -2.37. The van der Waals surface area contributed by atoms with Crippen molar-refractivity contribution in [2.24, 2.45) is 5.92 Å². The van der Waals surface area contributed by atoms with Gasteiger partial charge in [0.15, 0.2) is 5.76 Å². The van der Waals surface area contributed by atoms with E-state index in [9.17, 15) is 13.2 Å². The Balaban J connectivity index is 1.71. The summed E-state index contributed by atoms with van der Waals surface area (Å²) in [5, 5.41) is 10.8. The number of H-pyrrole nitrogens is 1. The Labute approximate surface area is 165 Å². The summed E-state index contributed by atoms with van der Waals surface area (Å²) in [5.74, 6) is 0.566. The molecule has 0 unspecified atom stereocenters. The topological polar surface area (TPSA) is 112 Å². The van der Waals surface area contributed by atoms with Crippen LogP contribution in [-0.4, -0.2) is 65.1 Å². The van der Waals surface area contributed by atoms with Crippen LogP contribution in [0, 0.1) is 19.8 Å². The molecule has 3 rings (SSSR count). The molecule has 3 heterocycles. The fourth-order valence-electron chi connectivity index (χ4n) is 3.49. The number of aromatic amines is 1. The lowest BCUT2D eigenvalue weighted by atomic mass is 10.1. The third-order valence-corrected chi connectivity index (χ3v) is 6.93. The van der Waals surface area contributed by atoms with Gasteiger partial charge in [-0.05, 0) is 38.7 Å². The van der Waals surface area contributed by atoms with Crippen molar-refractivity contribution in [3.05, 3.63) is 28.9 Å². The first-order chi connectivity index (χ1) is 13.2. The van der Waals surface area contributed by atoms with E-state index in [1.165, 1.54) is 4.31 Å². The third kappa shape index (κ3) is 4.12. The van der Waals surface area contributed by atoms with Gasteiger partial charge in [0.2, 0.25) is 10.0 Å². The summed E-state index contributed by atoms with van der Waals surface area (Å²) in [7, 11) is -3.71. The summed E-state index contributed by atoms with van der Waals surface area (Å²) < 4.78 is 32.4. The maximum atomic E-state index is 13.0. The van der Waals surface area contributed by atoms with E-state index < -0.39 is 10.0 Å². The van der Waals surface area contributed by atoms with Crippen LogP contribution >= 0.6 is 0 Å². The van der Waals surface area contributed by atoms with E-state index in [2.05, 4.69) is 29.2 Å². The Morgan fingerprint density at radius 3 is 2.64 bits per heavy atom. The number of aromatic nitrogens is 3. The number of nitrogens with zero attached hydrogens (tertiary/aromatic N) is 4. The molecule has 9 nitrogen and oxygen atoms in total. The van der Waals surface area contributed by atoms with Gasteiger partial charge in [0.05, 0.1) is 0 Å². The van der Waals surface area contributed by atoms with E-state index in [4.69, 9.17) is 4.52 Å². The SMILES string of the molecule is Cc1noc(C)c1S(=O)(=O)N1CCCN(C(=O)c2cc(CC(C)C)[nH]n2)CC1. The molecule has 0 spiro atoms. The molecule has 0 radical (unpaired) electrons. The second kappa shape index (κ2) is 8.04. The number of sulfonamides is 1. The van der Waals surface area contributed by atoms with E-state index in [-0.39, 0.29) is 23.1 Å². The first-order valence-electron chi connectivity index (χ1n) is 9.46. The maximum Gasteiger partial charge on any atom is 0.274 e. The van der Waals surface area contributed by atoms with Crippen LogP contribution in [0.4, 0.5) is 0 Å². The van der Waals surface area contributed by atoms with E-state index in [1.54, 1.807) is 24.8 Å². The molecule has 28 heavy (non-hydrogen) atoms. The standard InChI is InChI=1S/C18H27N5O4S/c1-12(2)10-15-11-16(20-19-15)18(24)22-6-5-7-23(9-8-22)28(25,26)17-13(3)21-27-14(17)4/h11-12H,5-10H2,1-4H3,(H,19,20). The molecule has 0 aromatic carbocycles. The van der Waals surface area contributed by atoms with Crippen LogP contribution in [-0.2, 0) is 16.4 Å². The molecule has 1 saturated heterocycles. The van der Waals surface area contributed by atoms with Gasteiger partial charge in [-0.1, -0.05) is 19.0 Å². The van der Waals surface area contributed by atoms with Crippen LogP contribution in [0.3, 0.4) is 0 Å². The third-order valence-electron chi connectivity index (χ3n) is 4.79. The number of hydrogen-bond acceptors (Lipinski definition) is 6. The minimum atomic E-state index is -3.71. The van der Waals surface area contributed by atoms with Crippen molar-refractivity contribution >= 4 is 15.9 Å². The number of rotatable bonds is 5. The van der Waals surface area contributed by atoms with Crippen LogP contribution in [0.1, 0.15) is 47.9 Å². The molecular weight excluding hydrogens is 382 g/mol. The summed E-state index contributed by atoms with van der Waals surface area (Å²) in [6.07, 6.45) is 1.38. The summed E-state index contributed by atoms with van der Waals surface area (Å²) >= 11 is 0. The molecule has 1 fully saturated rings. The van der Waals surface area contributed by atoms with Gasteiger partial charge >= 0.3 is 0 Å². The average Bonchev–Trinajstić information content (AvgIpc) is 3.11. The molecule has 1 amide bonds. The Morgan fingerprint density at radius 1 is 1.25 bits per heavy atom. The number of amides is 1. The van der Waals surface area contributed by atoms with Crippen molar-refractivity contribution in [1.82, 2.24) is 24.6 Å². The molecule has 10 heteroatoms. The van der Waals surface area contributed by atoms with Crippen LogP contribution < -0.4 is 0 Å². The van der Waals surface area contributed by atoms with Crippen LogP contribution in [0.5, 0.6) is 0 Å². The second-order valence-corrected chi connectivity index (χ2v) is 9.45. The number of carbonyl (C=O) groups excluding carboxylic acids is 1. The smallest absolute Gasteiger partial charge is 0.274 e. The Bertz CT molecular complexity index is 928. The van der Waals surface area contributed by atoms with Crippen LogP contribution in [0.2, 0.25) is 0 Å². The minimum Gasteiger partial charge on any atom is -0.360 e. The predicted molar refractivity (Wildman–Crippen MR) is 102 cm³/mol. The number of aryl methyl sites for hydroxylation is 2. The van der Waals surface area contributed by atoms with E-state index >= 15 is 0 Å². The fourth-order valence-corrected chi connectivity index (χ4v) is 5.25. The number of nitrogens with one attached hydrogen (secondary N) is 1. The number of hydrogen-bond donors (Lipinski definition) is 1. The first kappa shape index (κ1) is 20.5. The average molecular weight is 410 g/mol. The van der Waals surface area contributed by atoms with E-state index in [0.717, 1.165) is 12.1 Å². The largest absolute Gasteiger partial charge is 0.360 e. The Kier molecular flexibility index (Phi) is 5.90. The van der Waals surface area contributed by atoms with E-state index in [0.29, 0.717) is 43.4 Å². The highest BCUT2D eigenvalue weighted by atomic mass is 32.2. The van der Waals surface area contributed by atoms with Crippen LogP contribution in [0.25, 0.3) is 0 Å². The monoisotopic (exact) mass is 409 g/mol. The van der Waals surface area contributed by atoms with E-state index in [1.807, 2.05) is 0 Å². The molecular formula is C18H27N5O4S. The molecule has 1 N–H and O–H groups in total. The molecule has 0 aliphatic carbocycles. The summed E-state index contributed by atoms with van der Waals surface area (Å²) in [6, 6.07) is 1.78. The lowest BCUT2D eigenvalue weighted by molar-refractivity contribution is 0.0758. The predicted octanol–water partition coefficient (Wildman–Crippen LogP) is 1.75. The normalized spacial score (nSPS) is 16.5. The highest BCUT2D eigenvalue weighted by Crippen LogP contribution is 2.24. The van der Waals surface area contributed by atoms with Gasteiger partial charge in [-0.15, -0.1) is 0 Å². The zero-order chi connectivity index (χ0) is 20.5. The second-order valence-electron chi connectivity index (χ2n) is 7.58. The molecule has 0 atom stereocenters. The number of carbonyl (C=O) groups is 1. The molecule has 0 saturated carbocycles. The Morgan fingerprint density at radius 2 is 2.00 bits per heavy atom. The van der Waals surface area contributed by atoms with Crippen molar-refractivity contribution in [1.29, 1.82) is 0 Å². The Hall–Kier alpha value is -2.20. The van der Waals surface area contributed by atoms with Gasteiger partial charge in [-0.25, -0.2) is 8.42 Å². The molecule has 0 bridgehead atoms. The molecule has 1 aliphatic heterocycles. The summed E-state index contributed by atoms with van der Waals surface area (Å²) in [6.45, 7) is 8.77. The van der Waals surface area contributed by atoms with Crippen molar-refractivity contribution in [3.8, 4) is 0 Å². The van der Waals surface area contributed by atoms with Gasteiger partial charge in [0, 0.05) is 31.9 Å². The van der Waals surface area contributed by atoms with Gasteiger partial charge in [0.25, 0.3) is 5.91 Å². The van der Waals surface area contributed by atoms with Crippen molar-refractivity contribution < 1.29 is 17.7 Å². The highest BCUT2D eigenvalue weighted by molar-refractivity contribution is 7.89. The van der Waals surface area contributed by atoms with Gasteiger partial charge < -0.3 is 9.42 Å². The fraction of sp³-hybridized carbons (Fsp3) is 0.611. The van der Waals surface area contributed by atoms with Crippen LogP contribution in [0.15, 0.2) is 15.5 Å². The quantitative estimate of drug-likeness (QED) is 0.805. The van der Waals surface area contributed by atoms with Gasteiger partial charge in [-0.3, -0.25) is 9.89 Å². The van der Waals surface area contributed by atoms with Crippen molar-refractivity contribution in [2.75, 3.05) is 26.2 Å². The molecule has 2 aromatic rings. The highest BCUT2D eigenvalue weighted by Gasteiger charge is 2.33. The zero-order valence-corrected chi connectivity index (χ0v) is 17.5. The summed E-state index contributed by atoms with van der Waals surface area (Å²) in [5.41, 5.74) is 1.65. The maximum absolute atomic E-state index is 13.0. The van der Waals surface area contributed by atoms with Crippen molar-refractivity contribution in [3.63, 3.8) is 0 Å². The van der Waals surface area contributed by atoms with Gasteiger partial charge in [0.1, 0.15) is 16.3 Å².